The lowest BCUT2D eigenvalue weighted by molar-refractivity contribution is 0.326. The van der Waals surface area contributed by atoms with E-state index in [4.69, 9.17) is 0 Å². The van der Waals surface area contributed by atoms with E-state index in [-0.39, 0.29) is 5.69 Å². The van der Waals surface area contributed by atoms with Gasteiger partial charge >= 0.3 is 5.69 Å². The van der Waals surface area contributed by atoms with Gasteiger partial charge in [-0.25, -0.2) is 19.3 Å². The highest BCUT2D eigenvalue weighted by Crippen LogP contribution is 2.04. The van der Waals surface area contributed by atoms with Crippen molar-refractivity contribution in [3.05, 3.63) is 22.9 Å². The first-order valence-electron chi connectivity index (χ1n) is 5.41. The van der Waals surface area contributed by atoms with Crippen LogP contribution in [0.25, 0.3) is 5.65 Å². The van der Waals surface area contributed by atoms with Crippen LogP contribution in [-0.2, 0) is 0 Å². The summed E-state index contributed by atoms with van der Waals surface area (Å²) in [6.07, 6.45) is 1.46. The van der Waals surface area contributed by atoms with Crippen LogP contribution in [0.15, 0.2) is 17.2 Å². The summed E-state index contributed by atoms with van der Waals surface area (Å²) in [6.45, 7) is 2.90. The van der Waals surface area contributed by atoms with Gasteiger partial charge in [-0.15, -0.1) is 0 Å². The van der Waals surface area contributed by atoms with E-state index in [2.05, 4.69) is 32.3 Å². The molecule has 0 fully saturated rings. The van der Waals surface area contributed by atoms with Gasteiger partial charge in [-0.3, -0.25) is 0 Å². The number of hydrogen-bond donors (Lipinski definition) is 2. The van der Waals surface area contributed by atoms with Crippen molar-refractivity contribution in [3.8, 4) is 0 Å². The van der Waals surface area contributed by atoms with Crippen molar-refractivity contribution in [2.45, 2.75) is 13.0 Å². The first kappa shape index (κ1) is 11.6. The summed E-state index contributed by atoms with van der Waals surface area (Å²) in [5.74, 6) is 0.713. The minimum absolute atomic E-state index is 0.277. The molecule has 0 spiro atoms. The molecule has 0 aliphatic carbocycles. The Kier molecular flexibility index (Phi) is 3.10. The molecule has 2 aromatic heterocycles. The smallest absolute Gasteiger partial charge is 0.348 e. The lowest BCUT2D eigenvalue weighted by Gasteiger charge is -2.20. The second-order valence-electron chi connectivity index (χ2n) is 4.22. The van der Waals surface area contributed by atoms with E-state index in [1.807, 2.05) is 14.1 Å². The number of nitrogens with zero attached hydrogens (tertiary/aromatic N) is 4. The van der Waals surface area contributed by atoms with Crippen molar-refractivity contribution in [2.75, 3.05) is 26.0 Å². The molecule has 17 heavy (non-hydrogen) atoms. The molecule has 7 heteroatoms. The molecule has 0 aliphatic heterocycles. The first-order valence-corrected chi connectivity index (χ1v) is 5.41. The lowest BCUT2D eigenvalue weighted by atomic mass is 10.3. The number of aromatic nitrogens is 4. The molecule has 0 aliphatic rings. The fourth-order valence-electron chi connectivity index (χ4n) is 1.34. The number of hydrogen-bond acceptors (Lipinski definition) is 5. The average molecular weight is 236 g/mol. The zero-order valence-electron chi connectivity index (χ0n) is 10.1. The van der Waals surface area contributed by atoms with Crippen LogP contribution in [0.2, 0.25) is 0 Å². The number of nitrogens with one attached hydrogen (secondary N) is 2. The summed E-state index contributed by atoms with van der Waals surface area (Å²) in [5.41, 5.74) is 0.283. The van der Waals surface area contributed by atoms with Crippen LogP contribution in [0, 0.1) is 0 Å². The summed E-state index contributed by atoms with van der Waals surface area (Å²) in [6, 6.07) is 2.13. The van der Waals surface area contributed by atoms with Crippen molar-refractivity contribution in [1.29, 1.82) is 0 Å². The summed E-state index contributed by atoms with van der Waals surface area (Å²) in [5, 5.41) is 9.45. The standard InChI is InChI=1S/C10H16N6O/c1-7(15(2)3)5-11-8-4-9-13-14-10(17)16(9)6-12-8/h4,6-7,11H,5H2,1-3H3,(H,14,17). The molecular weight excluding hydrogens is 220 g/mol. The summed E-state index contributed by atoms with van der Waals surface area (Å²) >= 11 is 0. The minimum atomic E-state index is -0.277. The lowest BCUT2D eigenvalue weighted by Crippen LogP contribution is -2.31. The van der Waals surface area contributed by atoms with Gasteiger partial charge in [-0.2, -0.15) is 5.10 Å². The van der Waals surface area contributed by atoms with E-state index in [9.17, 15) is 4.79 Å². The van der Waals surface area contributed by atoms with Gasteiger partial charge in [0, 0.05) is 18.7 Å². The summed E-state index contributed by atoms with van der Waals surface area (Å²) < 4.78 is 1.36. The number of anilines is 1. The third-order valence-electron chi connectivity index (χ3n) is 2.77. The number of H-pyrrole nitrogens is 1. The van der Waals surface area contributed by atoms with E-state index in [1.54, 1.807) is 6.07 Å². The Bertz CT molecular complexity index is 557. The molecular formula is C10H16N6O. The second-order valence-corrected chi connectivity index (χ2v) is 4.22. The van der Waals surface area contributed by atoms with Gasteiger partial charge in [-0.05, 0) is 21.0 Å². The fraction of sp³-hybridized carbons (Fsp3) is 0.500. The van der Waals surface area contributed by atoms with Gasteiger partial charge in [0.05, 0.1) is 0 Å². The van der Waals surface area contributed by atoms with Gasteiger partial charge in [0.2, 0.25) is 0 Å². The molecule has 0 aromatic carbocycles. The molecule has 2 rings (SSSR count). The zero-order valence-corrected chi connectivity index (χ0v) is 10.1. The van der Waals surface area contributed by atoms with Crippen LogP contribution in [0.4, 0.5) is 5.82 Å². The Balaban J connectivity index is 2.12. The highest BCUT2D eigenvalue weighted by Gasteiger charge is 2.06. The minimum Gasteiger partial charge on any atom is -0.368 e. The Morgan fingerprint density at radius 1 is 1.59 bits per heavy atom. The largest absolute Gasteiger partial charge is 0.368 e. The topological polar surface area (TPSA) is 78.3 Å². The van der Waals surface area contributed by atoms with Crippen LogP contribution in [0.5, 0.6) is 0 Å². The first-order chi connectivity index (χ1) is 8.08. The molecule has 0 saturated carbocycles. The van der Waals surface area contributed by atoms with Crippen LogP contribution in [0.3, 0.4) is 0 Å². The van der Waals surface area contributed by atoms with Crippen molar-refractivity contribution in [3.63, 3.8) is 0 Å². The number of likely N-dealkylation sites (N-methyl/N-ethyl adjacent to an activating group) is 1. The van der Waals surface area contributed by atoms with Gasteiger partial charge in [-0.1, -0.05) is 0 Å². The summed E-state index contributed by atoms with van der Waals surface area (Å²) in [4.78, 5) is 17.5. The zero-order chi connectivity index (χ0) is 12.4. The van der Waals surface area contributed by atoms with Crippen molar-refractivity contribution in [1.82, 2.24) is 24.5 Å². The van der Waals surface area contributed by atoms with E-state index >= 15 is 0 Å². The third kappa shape index (κ3) is 2.44. The van der Waals surface area contributed by atoms with E-state index in [0.29, 0.717) is 17.5 Å². The second kappa shape index (κ2) is 4.54. The third-order valence-corrected chi connectivity index (χ3v) is 2.77. The predicted octanol–water partition coefficient (Wildman–Crippen LogP) is -0.220. The highest BCUT2D eigenvalue weighted by atomic mass is 16.1. The SMILES string of the molecule is CC(CNc1cc2n[nH]c(=O)n2cn1)N(C)C. The molecule has 0 bridgehead atoms. The maximum absolute atomic E-state index is 11.2. The van der Waals surface area contributed by atoms with Crippen LogP contribution >= 0.6 is 0 Å². The van der Waals surface area contributed by atoms with E-state index in [0.717, 1.165) is 6.54 Å². The van der Waals surface area contributed by atoms with Crippen LogP contribution in [-0.4, -0.2) is 51.2 Å². The molecule has 0 amide bonds. The Labute approximate surface area is 98.5 Å². The molecule has 92 valence electrons. The van der Waals surface area contributed by atoms with Gasteiger partial charge in [0.25, 0.3) is 0 Å². The van der Waals surface area contributed by atoms with Gasteiger partial charge in [0.1, 0.15) is 12.1 Å². The molecule has 0 radical (unpaired) electrons. The molecule has 1 unspecified atom stereocenters. The Hall–Kier alpha value is -1.89. The van der Waals surface area contributed by atoms with Gasteiger partial charge < -0.3 is 10.2 Å². The van der Waals surface area contributed by atoms with Gasteiger partial charge in [0.15, 0.2) is 5.65 Å². The Morgan fingerprint density at radius 2 is 2.35 bits per heavy atom. The number of aromatic amines is 1. The van der Waals surface area contributed by atoms with Crippen LogP contribution in [0.1, 0.15) is 6.92 Å². The predicted molar refractivity (Wildman–Crippen MR) is 65.2 cm³/mol. The Morgan fingerprint density at radius 3 is 3.06 bits per heavy atom. The molecule has 2 heterocycles. The number of fused-ring (bicyclic) bond motifs is 1. The molecule has 2 aromatic rings. The molecule has 7 nitrogen and oxygen atoms in total. The van der Waals surface area contributed by atoms with Crippen molar-refractivity contribution < 1.29 is 0 Å². The normalized spacial score (nSPS) is 13.2. The van der Waals surface area contributed by atoms with Crippen molar-refractivity contribution >= 4 is 11.5 Å². The van der Waals surface area contributed by atoms with E-state index in [1.165, 1.54) is 10.7 Å². The molecule has 1 atom stereocenters. The molecule has 2 N–H and O–H groups in total. The quantitative estimate of drug-likeness (QED) is 0.767. The maximum Gasteiger partial charge on any atom is 0.348 e. The summed E-state index contributed by atoms with van der Waals surface area (Å²) in [7, 11) is 4.05. The van der Waals surface area contributed by atoms with Crippen LogP contribution < -0.4 is 11.0 Å². The molecule has 0 saturated heterocycles. The van der Waals surface area contributed by atoms with E-state index < -0.39 is 0 Å². The fourth-order valence-corrected chi connectivity index (χ4v) is 1.34. The van der Waals surface area contributed by atoms with Crippen molar-refractivity contribution in [2.24, 2.45) is 0 Å². The highest BCUT2D eigenvalue weighted by molar-refractivity contribution is 5.48. The number of rotatable bonds is 4. The average Bonchev–Trinajstić information content (AvgIpc) is 2.67. The monoisotopic (exact) mass is 236 g/mol. The maximum atomic E-state index is 11.2.